The van der Waals surface area contributed by atoms with Crippen molar-refractivity contribution in [3.05, 3.63) is 32.5 Å². The number of hydrogen-bond acceptors (Lipinski definition) is 4. The Morgan fingerprint density at radius 1 is 1.67 bits per heavy atom. The fourth-order valence-corrected chi connectivity index (χ4v) is 1.80. The van der Waals surface area contributed by atoms with Crippen LogP contribution in [0.5, 0.6) is 5.75 Å². The lowest BCUT2D eigenvalue weighted by Crippen LogP contribution is -2.17. The molecule has 0 heterocycles. The fourth-order valence-electron chi connectivity index (χ4n) is 1.29. The maximum atomic E-state index is 13.0. The average Bonchev–Trinajstić information content (AvgIpc) is 2.20. The van der Waals surface area contributed by atoms with Crippen LogP contribution in [0.25, 0.3) is 0 Å². The molecule has 1 unspecified atom stereocenters. The third-order valence-electron chi connectivity index (χ3n) is 1.97. The molecule has 0 aromatic heterocycles. The molecular formula is C10H9BrFNO5. The number of carboxylic acids is 1. The van der Waals surface area contributed by atoms with E-state index < -0.39 is 28.5 Å². The SMILES string of the molecule is CC(CC(=O)O)Oc1c(Br)cc(F)cc1[N+](=O)[O-]. The van der Waals surface area contributed by atoms with Crippen LogP contribution in [0.3, 0.4) is 0 Å². The third-order valence-corrected chi connectivity index (χ3v) is 2.56. The highest BCUT2D eigenvalue weighted by molar-refractivity contribution is 9.10. The zero-order valence-corrected chi connectivity index (χ0v) is 10.8. The predicted molar refractivity (Wildman–Crippen MR) is 63.1 cm³/mol. The first-order valence-corrected chi connectivity index (χ1v) is 5.62. The zero-order valence-electron chi connectivity index (χ0n) is 9.22. The fraction of sp³-hybridized carbons (Fsp3) is 0.300. The Kier molecular flexibility index (Phi) is 4.60. The van der Waals surface area contributed by atoms with E-state index >= 15 is 0 Å². The molecule has 1 aromatic carbocycles. The van der Waals surface area contributed by atoms with Gasteiger partial charge < -0.3 is 9.84 Å². The largest absolute Gasteiger partial charge is 0.482 e. The Hall–Kier alpha value is -1.70. The van der Waals surface area contributed by atoms with Gasteiger partial charge in [-0.3, -0.25) is 14.9 Å². The summed E-state index contributed by atoms with van der Waals surface area (Å²) in [5.74, 6) is -2.06. The summed E-state index contributed by atoms with van der Waals surface area (Å²) in [5, 5.41) is 19.3. The molecule has 0 fully saturated rings. The van der Waals surface area contributed by atoms with Gasteiger partial charge in [0.15, 0.2) is 0 Å². The average molecular weight is 322 g/mol. The molecule has 6 nitrogen and oxygen atoms in total. The molecular weight excluding hydrogens is 313 g/mol. The summed E-state index contributed by atoms with van der Waals surface area (Å²) in [4.78, 5) is 20.4. The van der Waals surface area contributed by atoms with E-state index in [1.165, 1.54) is 6.92 Å². The monoisotopic (exact) mass is 321 g/mol. The molecule has 0 bridgehead atoms. The van der Waals surface area contributed by atoms with Crippen molar-refractivity contribution in [3.63, 3.8) is 0 Å². The second kappa shape index (κ2) is 5.76. The van der Waals surface area contributed by atoms with Crippen LogP contribution in [-0.4, -0.2) is 22.1 Å². The van der Waals surface area contributed by atoms with Crippen LogP contribution in [0, 0.1) is 15.9 Å². The molecule has 0 spiro atoms. The van der Waals surface area contributed by atoms with Crippen molar-refractivity contribution < 1.29 is 24.0 Å². The second-order valence-corrected chi connectivity index (χ2v) is 4.37. The van der Waals surface area contributed by atoms with Gasteiger partial charge in [-0.15, -0.1) is 0 Å². The second-order valence-electron chi connectivity index (χ2n) is 3.52. The van der Waals surface area contributed by atoms with Crippen LogP contribution < -0.4 is 4.74 Å². The smallest absolute Gasteiger partial charge is 0.315 e. The number of carbonyl (C=O) groups is 1. The molecule has 8 heteroatoms. The van der Waals surface area contributed by atoms with Crippen LogP contribution in [0.4, 0.5) is 10.1 Å². The van der Waals surface area contributed by atoms with Crippen molar-refractivity contribution in [2.75, 3.05) is 0 Å². The molecule has 1 aromatic rings. The number of hydrogen-bond donors (Lipinski definition) is 1. The first-order valence-electron chi connectivity index (χ1n) is 4.83. The molecule has 1 rings (SSSR count). The number of benzene rings is 1. The van der Waals surface area contributed by atoms with E-state index in [0.29, 0.717) is 6.07 Å². The highest BCUT2D eigenvalue weighted by Gasteiger charge is 2.23. The summed E-state index contributed by atoms with van der Waals surface area (Å²) < 4.78 is 18.3. The molecule has 0 amide bonds. The number of aliphatic carboxylic acids is 1. The van der Waals surface area contributed by atoms with Gasteiger partial charge in [0.05, 0.1) is 21.9 Å². The number of nitrogens with zero attached hydrogens (tertiary/aromatic N) is 1. The lowest BCUT2D eigenvalue weighted by molar-refractivity contribution is -0.386. The number of nitro groups is 1. The Morgan fingerprint density at radius 3 is 2.78 bits per heavy atom. The maximum Gasteiger partial charge on any atom is 0.315 e. The first-order chi connectivity index (χ1) is 8.31. The quantitative estimate of drug-likeness (QED) is 0.665. The molecule has 1 N–H and O–H groups in total. The van der Waals surface area contributed by atoms with Crippen LogP contribution in [0.15, 0.2) is 16.6 Å². The molecule has 0 radical (unpaired) electrons. The number of rotatable bonds is 5. The molecule has 98 valence electrons. The van der Waals surface area contributed by atoms with Gasteiger partial charge in [-0.2, -0.15) is 0 Å². The molecule has 18 heavy (non-hydrogen) atoms. The van der Waals surface area contributed by atoms with Gasteiger partial charge in [-0.25, -0.2) is 4.39 Å². The minimum atomic E-state index is -1.09. The third kappa shape index (κ3) is 3.66. The number of carboxylic acid groups (broad SMARTS) is 1. The van der Waals surface area contributed by atoms with Crippen molar-refractivity contribution >= 4 is 27.6 Å². The van der Waals surface area contributed by atoms with Gasteiger partial charge >= 0.3 is 11.7 Å². The van der Waals surface area contributed by atoms with Gasteiger partial charge in [0.25, 0.3) is 0 Å². The molecule has 0 saturated carbocycles. The van der Waals surface area contributed by atoms with E-state index in [1.807, 2.05) is 0 Å². The Morgan fingerprint density at radius 2 is 2.28 bits per heavy atom. The van der Waals surface area contributed by atoms with E-state index in [-0.39, 0.29) is 16.6 Å². The summed E-state index contributed by atoms with van der Waals surface area (Å²) in [5.41, 5.74) is -0.556. The Balaban J connectivity index is 3.07. The first kappa shape index (κ1) is 14.4. The van der Waals surface area contributed by atoms with Crippen LogP contribution in [0.1, 0.15) is 13.3 Å². The topological polar surface area (TPSA) is 89.7 Å². The molecule has 0 saturated heterocycles. The molecule has 0 aliphatic rings. The zero-order chi connectivity index (χ0) is 13.9. The lowest BCUT2D eigenvalue weighted by atomic mass is 10.2. The molecule has 0 aliphatic carbocycles. The maximum absolute atomic E-state index is 13.0. The van der Waals surface area contributed by atoms with Crippen molar-refractivity contribution in [1.82, 2.24) is 0 Å². The van der Waals surface area contributed by atoms with Crippen LogP contribution >= 0.6 is 15.9 Å². The number of nitro benzene ring substituents is 1. The summed E-state index contributed by atoms with van der Waals surface area (Å²) in [6.45, 7) is 1.45. The van der Waals surface area contributed by atoms with Gasteiger partial charge in [0, 0.05) is 0 Å². The molecule has 0 aliphatic heterocycles. The predicted octanol–water partition coefficient (Wildman–Crippen LogP) is 2.74. The Labute approximate surface area is 110 Å². The van der Waals surface area contributed by atoms with Crippen molar-refractivity contribution in [1.29, 1.82) is 0 Å². The minimum absolute atomic E-state index is 0.0615. The van der Waals surface area contributed by atoms with Crippen LogP contribution in [0.2, 0.25) is 0 Å². The summed E-state index contributed by atoms with van der Waals surface area (Å²) >= 11 is 2.94. The standard InChI is InChI=1S/C10H9BrFNO5/c1-5(2-9(14)15)18-10-7(11)3-6(12)4-8(10)13(16)17/h3-5H,2H2,1H3,(H,14,15). The van der Waals surface area contributed by atoms with Gasteiger partial charge in [0.2, 0.25) is 5.75 Å². The van der Waals surface area contributed by atoms with E-state index in [2.05, 4.69) is 15.9 Å². The van der Waals surface area contributed by atoms with E-state index in [4.69, 9.17) is 9.84 Å². The molecule has 1 atom stereocenters. The highest BCUT2D eigenvalue weighted by atomic mass is 79.9. The Bertz CT molecular complexity index is 493. The number of ether oxygens (including phenoxy) is 1. The van der Waals surface area contributed by atoms with Crippen LogP contribution in [-0.2, 0) is 4.79 Å². The van der Waals surface area contributed by atoms with Crippen molar-refractivity contribution in [3.8, 4) is 5.75 Å². The summed E-state index contributed by atoms with van der Waals surface area (Å²) in [6, 6.07) is 1.73. The minimum Gasteiger partial charge on any atom is -0.482 e. The highest BCUT2D eigenvalue weighted by Crippen LogP contribution is 2.36. The summed E-state index contributed by atoms with van der Waals surface area (Å²) in [6.07, 6.45) is -1.09. The summed E-state index contributed by atoms with van der Waals surface area (Å²) in [7, 11) is 0. The van der Waals surface area contributed by atoms with Gasteiger partial charge in [0.1, 0.15) is 11.9 Å². The van der Waals surface area contributed by atoms with E-state index in [1.54, 1.807) is 0 Å². The number of halogens is 2. The van der Waals surface area contributed by atoms with Gasteiger partial charge in [-0.05, 0) is 28.9 Å². The van der Waals surface area contributed by atoms with E-state index in [9.17, 15) is 19.3 Å². The van der Waals surface area contributed by atoms with Gasteiger partial charge in [-0.1, -0.05) is 0 Å². The normalized spacial score (nSPS) is 11.9. The van der Waals surface area contributed by atoms with E-state index in [0.717, 1.165) is 6.07 Å². The van der Waals surface area contributed by atoms with Crippen molar-refractivity contribution in [2.24, 2.45) is 0 Å². The lowest BCUT2D eigenvalue weighted by Gasteiger charge is -2.14. The van der Waals surface area contributed by atoms with Crippen molar-refractivity contribution in [2.45, 2.75) is 19.4 Å².